The summed E-state index contributed by atoms with van der Waals surface area (Å²) in [5, 5.41) is 0.820. The first kappa shape index (κ1) is 15.8. The minimum absolute atomic E-state index is 0.107. The van der Waals surface area contributed by atoms with Gasteiger partial charge in [0, 0.05) is 11.8 Å². The Balaban J connectivity index is 2.70. The van der Waals surface area contributed by atoms with Crippen LogP contribution in [0.2, 0.25) is 0 Å². The highest BCUT2D eigenvalue weighted by atomic mass is 79.9. The second kappa shape index (κ2) is 5.64. The lowest BCUT2D eigenvalue weighted by Gasteiger charge is -2.20. The molecular weight excluding hydrogens is 334 g/mol. The maximum absolute atomic E-state index is 12.5. The Hall–Kier alpha value is -1.62. The van der Waals surface area contributed by atoms with Crippen LogP contribution in [0, 0.1) is 0 Å². The quantitative estimate of drug-likeness (QED) is 0.731. The maximum Gasteiger partial charge on any atom is 0.419 e. The lowest BCUT2D eigenvalue weighted by Crippen LogP contribution is -2.28. The number of fused-ring (bicyclic) bond motifs is 1. The van der Waals surface area contributed by atoms with Crippen LogP contribution in [-0.4, -0.2) is 22.0 Å². The zero-order valence-corrected chi connectivity index (χ0v) is 14.2. The number of rotatable bonds is 2. The SMILES string of the molecule is CCC(=O)c1c(Br)c2ccccc2n1C(=O)OC(C)(C)C. The van der Waals surface area contributed by atoms with Crippen LogP contribution in [0.25, 0.3) is 10.9 Å². The Morgan fingerprint density at radius 1 is 1.24 bits per heavy atom. The van der Waals surface area contributed by atoms with Gasteiger partial charge in [-0.25, -0.2) is 9.36 Å². The summed E-state index contributed by atoms with van der Waals surface area (Å²) < 4.78 is 7.42. The second-order valence-electron chi connectivity index (χ2n) is 5.77. The minimum Gasteiger partial charge on any atom is -0.443 e. The van der Waals surface area contributed by atoms with E-state index >= 15 is 0 Å². The van der Waals surface area contributed by atoms with Crippen LogP contribution in [0.15, 0.2) is 28.7 Å². The molecule has 0 amide bonds. The fourth-order valence-corrected chi connectivity index (χ4v) is 2.85. The Kier molecular flexibility index (Phi) is 4.23. The third kappa shape index (κ3) is 3.02. The van der Waals surface area contributed by atoms with Crippen molar-refractivity contribution >= 4 is 38.7 Å². The Morgan fingerprint density at radius 2 is 1.86 bits per heavy atom. The van der Waals surface area contributed by atoms with Crippen LogP contribution in [0.1, 0.15) is 44.6 Å². The largest absolute Gasteiger partial charge is 0.443 e. The number of benzene rings is 1. The fraction of sp³-hybridized carbons (Fsp3) is 0.375. The summed E-state index contributed by atoms with van der Waals surface area (Å²) in [6.45, 7) is 7.17. The van der Waals surface area contributed by atoms with Gasteiger partial charge in [-0.05, 0) is 42.8 Å². The van der Waals surface area contributed by atoms with Crippen LogP contribution in [0.4, 0.5) is 4.79 Å². The van der Waals surface area contributed by atoms with E-state index in [0.717, 1.165) is 5.39 Å². The molecule has 2 rings (SSSR count). The molecule has 0 aliphatic heterocycles. The molecule has 0 saturated heterocycles. The van der Waals surface area contributed by atoms with Crippen molar-refractivity contribution < 1.29 is 14.3 Å². The predicted molar refractivity (Wildman–Crippen MR) is 85.9 cm³/mol. The molecule has 0 aliphatic rings. The van der Waals surface area contributed by atoms with E-state index in [1.807, 2.05) is 18.2 Å². The number of hydrogen-bond acceptors (Lipinski definition) is 3. The van der Waals surface area contributed by atoms with Crippen molar-refractivity contribution in [2.45, 2.75) is 39.7 Å². The second-order valence-corrected chi connectivity index (χ2v) is 6.57. The number of para-hydroxylation sites is 1. The number of hydrogen-bond donors (Lipinski definition) is 0. The molecule has 2 aromatic rings. The molecule has 0 N–H and O–H groups in total. The topological polar surface area (TPSA) is 48.3 Å². The van der Waals surface area contributed by atoms with Gasteiger partial charge >= 0.3 is 6.09 Å². The highest BCUT2D eigenvalue weighted by molar-refractivity contribution is 9.10. The van der Waals surface area contributed by atoms with Gasteiger partial charge < -0.3 is 4.74 Å². The van der Waals surface area contributed by atoms with Gasteiger partial charge in [-0.2, -0.15) is 0 Å². The average Bonchev–Trinajstić information content (AvgIpc) is 2.70. The van der Waals surface area contributed by atoms with E-state index in [4.69, 9.17) is 4.74 Å². The molecule has 112 valence electrons. The number of nitrogens with zero attached hydrogens (tertiary/aromatic N) is 1. The highest BCUT2D eigenvalue weighted by Crippen LogP contribution is 2.32. The fourth-order valence-electron chi connectivity index (χ4n) is 2.11. The lowest BCUT2D eigenvalue weighted by atomic mass is 10.2. The molecule has 1 aromatic heterocycles. The Labute approximate surface area is 132 Å². The molecule has 1 heterocycles. The van der Waals surface area contributed by atoms with Crippen molar-refractivity contribution in [2.24, 2.45) is 0 Å². The first-order valence-electron chi connectivity index (χ1n) is 6.81. The number of halogens is 1. The summed E-state index contributed by atoms with van der Waals surface area (Å²) in [4.78, 5) is 24.7. The summed E-state index contributed by atoms with van der Waals surface area (Å²) in [6, 6.07) is 7.37. The van der Waals surface area contributed by atoms with Crippen molar-refractivity contribution in [3.63, 3.8) is 0 Å². The van der Waals surface area contributed by atoms with Crippen LogP contribution < -0.4 is 0 Å². The van der Waals surface area contributed by atoms with E-state index in [2.05, 4.69) is 15.9 Å². The number of carbonyl (C=O) groups excluding carboxylic acids is 2. The molecular formula is C16H18BrNO3. The van der Waals surface area contributed by atoms with E-state index in [1.165, 1.54) is 4.57 Å². The Bertz CT molecular complexity index is 710. The first-order chi connectivity index (χ1) is 9.76. The monoisotopic (exact) mass is 351 g/mol. The van der Waals surface area contributed by atoms with Gasteiger partial charge in [0.1, 0.15) is 11.3 Å². The summed E-state index contributed by atoms with van der Waals surface area (Å²) in [5.41, 5.74) is 0.380. The molecule has 0 saturated carbocycles. The number of ether oxygens (including phenoxy) is 1. The molecule has 0 bridgehead atoms. The summed E-state index contributed by atoms with van der Waals surface area (Å²) >= 11 is 3.44. The molecule has 0 spiro atoms. The molecule has 0 atom stereocenters. The standard InChI is InChI=1S/C16H18BrNO3/c1-5-12(19)14-13(17)10-8-6-7-9-11(10)18(14)15(20)21-16(2,3)4/h6-9H,5H2,1-4H3. The third-order valence-corrected chi connectivity index (χ3v) is 3.78. The molecule has 0 unspecified atom stereocenters. The molecule has 0 aliphatic carbocycles. The van der Waals surface area contributed by atoms with Gasteiger partial charge in [-0.3, -0.25) is 4.79 Å². The van der Waals surface area contributed by atoms with Gasteiger partial charge in [0.25, 0.3) is 0 Å². The molecule has 4 nitrogen and oxygen atoms in total. The smallest absolute Gasteiger partial charge is 0.419 e. The van der Waals surface area contributed by atoms with Crippen molar-refractivity contribution in [2.75, 3.05) is 0 Å². The van der Waals surface area contributed by atoms with Gasteiger partial charge in [0.2, 0.25) is 0 Å². The summed E-state index contributed by atoms with van der Waals surface area (Å²) in [7, 11) is 0. The van der Waals surface area contributed by atoms with E-state index < -0.39 is 11.7 Å². The number of Topliss-reactive ketones (excluding diaryl/α,β-unsaturated/α-hetero) is 1. The van der Waals surface area contributed by atoms with Crippen LogP contribution in [0.5, 0.6) is 0 Å². The predicted octanol–water partition coefficient (Wildman–Crippen LogP) is 4.78. The molecule has 5 heteroatoms. The summed E-state index contributed by atoms with van der Waals surface area (Å²) in [6.07, 6.45) is -0.223. The van der Waals surface area contributed by atoms with E-state index in [0.29, 0.717) is 22.1 Å². The van der Waals surface area contributed by atoms with Crippen molar-refractivity contribution in [1.29, 1.82) is 0 Å². The van der Waals surface area contributed by atoms with Gasteiger partial charge in [0.15, 0.2) is 5.78 Å². The van der Waals surface area contributed by atoms with Crippen LogP contribution in [0.3, 0.4) is 0 Å². The molecule has 0 fully saturated rings. The van der Waals surface area contributed by atoms with Crippen molar-refractivity contribution in [1.82, 2.24) is 4.57 Å². The third-order valence-electron chi connectivity index (χ3n) is 2.97. The minimum atomic E-state index is -0.624. The van der Waals surface area contributed by atoms with E-state index in [1.54, 1.807) is 33.8 Å². The van der Waals surface area contributed by atoms with Gasteiger partial charge in [0.05, 0.1) is 9.99 Å². The number of aromatic nitrogens is 1. The van der Waals surface area contributed by atoms with Crippen LogP contribution >= 0.6 is 15.9 Å². The highest BCUT2D eigenvalue weighted by Gasteiger charge is 2.27. The van der Waals surface area contributed by atoms with E-state index in [-0.39, 0.29) is 5.78 Å². The zero-order chi connectivity index (χ0) is 15.8. The van der Waals surface area contributed by atoms with Crippen molar-refractivity contribution in [3.05, 3.63) is 34.4 Å². The van der Waals surface area contributed by atoms with Crippen LogP contribution in [-0.2, 0) is 4.74 Å². The molecule has 1 aromatic carbocycles. The normalized spacial score (nSPS) is 11.7. The molecule has 0 radical (unpaired) electrons. The maximum atomic E-state index is 12.5. The lowest BCUT2D eigenvalue weighted by molar-refractivity contribution is 0.0535. The van der Waals surface area contributed by atoms with E-state index in [9.17, 15) is 9.59 Å². The summed E-state index contributed by atoms with van der Waals surface area (Å²) in [5.74, 6) is -0.107. The number of ketones is 1. The first-order valence-corrected chi connectivity index (χ1v) is 7.61. The van der Waals surface area contributed by atoms with Gasteiger partial charge in [-0.15, -0.1) is 0 Å². The number of carbonyl (C=O) groups is 2. The van der Waals surface area contributed by atoms with Crippen molar-refractivity contribution in [3.8, 4) is 0 Å². The Morgan fingerprint density at radius 3 is 2.43 bits per heavy atom. The zero-order valence-electron chi connectivity index (χ0n) is 12.6. The average molecular weight is 352 g/mol. The van der Waals surface area contributed by atoms with Gasteiger partial charge in [-0.1, -0.05) is 25.1 Å². The molecule has 21 heavy (non-hydrogen) atoms.